The average molecular weight is 359 g/mol. The van der Waals surface area contributed by atoms with Crippen LogP contribution in [0.15, 0.2) is 12.1 Å². The maximum atomic E-state index is 12.6. The maximum absolute atomic E-state index is 12.6. The molecule has 92 valence electrons. The van der Waals surface area contributed by atoms with Crippen LogP contribution in [0, 0.1) is 13.7 Å². The van der Waals surface area contributed by atoms with Gasteiger partial charge in [-0.25, -0.2) is 0 Å². The fourth-order valence-electron chi connectivity index (χ4n) is 1.15. The summed E-state index contributed by atoms with van der Waals surface area (Å²) in [4.78, 5) is 20.7. The highest BCUT2D eigenvalue weighted by molar-refractivity contribution is 14.1. The van der Waals surface area contributed by atoms with Gasteiger partial charge in [-0.1, -0.05) is 0 Å². The molecule has 1 aromatic carbocycles. The minimum absolute atomic E-state index is 0.329. The summed E-state index contributed by atoms with van der Waals surface area (Å²) in [6, 6.07) is 1.47. The molecule has 0 aliphatic heterocycles. The lowest BCUT2D eigenvalue weighted by molar-refractivity contribution is -0.386. The molecule has 0 fully saturated rings. The zero-order valence-corrected chi connectivity index (χ0v) is 10.5. The summed E-state index contributed by atoms with van der Waals surface area (Å²) in [5, 5.41) is 10.6. The number of carbonyl (C=O) groups is 1. The summed E-state index contributed by atoms with van der Waals surface area (Å²) in [6.07, 6.45) is -4.73. The summed E-state index contributed by atoms with van der Waals surface area (Å²) >= 11 is 1.25. The molecule has 0 N–H and O–H groups in total. The molecule has 0 saturated heterocycles. The first-order chi connectivity index (χ1) is 7.64. The molecular weight excluding hydrogens is 354 g/mol. The van der Waals surface area contributed by atoms with E-state index < -0.39 is 31.7 Å². The van der Waals surface area contributed by atoms with Gasteiger partial charge >= 0.3 is 6.18 Å². The molecule has 8 heteroatoms. The van der Waals surface area contributed by atoms with E-state index in [1.54, 1.807) is 0 Å². The second-order valence-electron chi connectivity index (χ2n) is 3.17. The Hall–Kier alpha value is -1.19. The van der Waals surface area contributed by atoms with Gasteiger partial charge in [0.05, 0.1) is 10.5 Å². The average Bonchev–Trinajstić information content (AvgIpc) is 2.15. The van der Waals surface area contributed by atoms with E-state index in [1.807, 2.05) is 0 Å². The number of rotatable bonds is 2. The molecule has 0 spiro atoms. The fraction of sp³-hybridized carbons (Fsp3) is 0.222. The Kier molecular flexibility index (Phi) is 3.74. The van der Waals surface area contributed by atoms with E-state index in [0.717, 1.165) is 13.0 Å². The molecule has 4 nitrogen and oxygen atoms in total. The molecule has 0 unspecified atom stereocenters. The molecule has 0 aromatic heterocycles. The number of Topliss-reactive ketones (excluding diaryl/α,β-unsaturated/α-hetero) is 1. The van der Waals surface area contributed by atoms with Crippen molar-refractivity contribution >= 4 is 34.1 Å². The Bertz CT molecular complexity index is 499. The Morgan fingerprint density at radius 2 is 1.94 bits per heavy atom. The number of hydrogen-bond acceptors (Lipinski definition) is 3. The molecule has 0 bridgehead atoms. The van der Waals surface area contributed by atoms with Crippen molar-refractivity contribution in [3.8, 4) is 0 Å². The van der Waals surface area contributed by atoms with E-state index in [9.17, 15) is 28.1 Å². The number of carbonyl (C=O) groups excluding carboxylic acids is 1. The minimum Gasteiger partial charge on any atom is -0.295 e. The number of alkyl halides is 3. The van der Waals surface area contributed by atoms with Crippen LogP contribution in [0.25, 0.3) is 0 Å². The zero-order chi connectivity index (χ0) is 13.4. The highest BCUT2D eigenvalue weighted by Crippen LogP contribution is 2.37. The SMILES string of the molecule is CC(=O)c1cc([N+](=O)[O-])c(I)c(C(F)(F)F)c1. The normalized spacial score (nSPS) is 11.4. The second kappa shape index (κ2) is 4.59. The van der Waals surface area contributed by atoms with Gasteiger partial charge in [-0.05, 0) is 35.6 Å². The van der Waals surface area contributed by atoms with Crippen LogP contribution in [0.3, 0.4) is 0 Å². The molecule has 0 amide bonds. The Balaban J connectivity index is 3.60. The topological polar surface area (TPSA) is 60.2 Å². The van der Waals surface area contributed by atoms with E-state index in [4.69, 9.17) is 0 Å². The molecule has 0 atom stereocenters. The van der Waals surface area contributed by atoms with E-state index in [0.29, 0.717) is 6.07 Å². The van der Waals surface area contributed by atoms with Gasteiger partial charge in [-0.3, -0.25) is 14.9 Å². The summed E-state index contributed by atoms with van der Waals surface area (Å²) in [5.74, 6) is -0.657. The molecule has 1 aromatic rings. The number of benzene rings is 1. The predicted molar refractivity (Wildman–Crippen MR) is 60.8 cm³/mol. The van der Waals surface area contributed by atoms with Crippen molar-refractivity contribution in [2.24, 2.45) is 0 Å². The highest BCUT2D eigenvalue weighted by Gasteiger charge is 2.37. The van der Waals surface area contributed by atoms with Gasteiger partial charge in [0.2, 0.25) is 0 Å². The van der Waals surface area contributed by atoms with Crippen molar-refractivity contribution in [1.29, 1.82) is 0 Å². The first-order valence-corrected chi connectivity index (χ1v) is 5.28. The molecular formula is C9H5F3INO3. The van der Waals surface area contributed by atoms with Crippen LogP contribution in [0.2, 0.25) is 0 Å². The van der Waals surface area contributed by atoms with Crippen molar-refractivity contribution in [1.82, 2.24) is 0 Å². The molecule has 0 aliphatic carbocycles. The second-order valence-corrected chi connectivity index (χ2v) is 4.25. The monoisotopic (exact) mass is 359 g/mol. The zero-order valence-electron chi connectivity index (χ0n) is 8.34. The summed E-state index contributed by atoms with van der Waals surface area (Å²) in [6.45, 7) is 1.05. The number of halogens is 4. The van der Waals surface area contributed by atoms with Crippen molar-refractivity contribution in [2.75, 3.05) is 0 Å². The first kappa shape index (κ1) is 13.9. The standard InChI is InChI=1S/C9H5F3INO3/c1-4(15)5-2-6(9(10,11)12)8(13)7(3-5)14(16)17/h2-3H,1H3. The number of nitro benzene ring substituents is 1. The van der Waals surface area contributed by atoms with Crippen LogP contribution in [0.1, 0.15) is 22.8 Å². The van der Waals surface area contributed by atoms with Crippen LogP contribution in [-0.4, -0.2) is 10.7 Å². The lowest BCUT2D eigenvalue weighted by Crippen LogP contribution is -2.11. The molecule has 0 aliphatic rings. The Morgan fingerprint density at radius 1 is 1.41 bits per heavy atom. The van der Waals surface area contributed by atoms with Crippen LogP contribution in [0.4, 0.5) is 18.9 Å². The van der Waals surface area contributed by atoms with E-state index >= 15 is 0 Å². The van der Waals surface area contributed by atoms with Crippen LogP contribution in [0.5, 0.6) is 0 Å². The van der Waals surface area contributed by atoms with Crippen LogP contribution >= 0.6 is 22.6 Å². The van der Waals surface area contributed by atoms with Crippen molar-refractivity contribution in [3.05, 3.63) is 36.9 Å². The van der Waals surface area contributed by atoms with Gasteiger partial charge in [-0.2, -0.15) is 13.2 Å². The Morgan fingerprint density at radius 3 is 2.29 bits per heavy atom. The fourth-order valence-corrected chi connectivity index (χ4v) is 1.97. The molecule has 1 rings (SSSR count). The third-order valence-corrected chi connectivity index (χ3v) is 3.10. The number of nitrogens with zero attached hydrogens (tertiary/aromatic N) is 1. The molecule has 0 saturated carbocycles. The first-order valence-electron chi connectivity index (χ1n) is 4.20. The van der Waals surface area contributed by atoms with Gasteiger partial charge in [0.25, 0.3) is 5.69 Å². The lowest BCUT2D eigenvalue weighted by Gasteiger charge is -2.10. The quantitative estimate of drug-likeness (QED) is 0.352. The number of nitro groups is 1. The predicted octanol–water partition coefficient (Wildman–Crippen LogP) is 3.42. The molecule has 0 heterocycles. The van der Waals surface area contributed by atoms with Gasteiger partial charge in [0, 0.05) is 11.6 Å². The largest absolute Gasteiger partial charge is 0.417 e. The smallest absolute Gasteiger partial charge is 0.295 e. The molecule has 17 heavy (non-hydrogen) atoms. The van der Waals surface area contributed by atoms with E-state index in [1.165, 1.54) is 22.6 Å². The van der Waals surface area contributed by atoms with Crippen molar-refractivity contribution in [3.63, 3.8) is 0 Å². The van der Waals surface area contributed by atoms with Gasteiger partial charge < -0.3 is 0 Å². The number of ketones is 1. The van der Waals surface area contributed by atoms with E-state index in [2.05, 4.69) is 0 Å². The lowest BCUT2D eigenvalue weighted by atomic mass is 10.1. The maximum Gasteiger partial charge on any atom is 0.417 e. The minimum atomic E-state index is -4.73. The van der Waals surface area contributed by atoms with Gasteiger partial charge in [-0.15, -0.1) is 0 Å². The van der Waals surface area contributed by atoms with Crippen molar-refractivity contribution < 1.29 is 22.9 Å². The Labute approximate surface area is 107 Å². The van der Waals surface area contributed by atoms with Crippen molar-refractivity contribution in [2.45, 2.75) is 13.1 Å². The van der Waals surface area contributed by atoms with Gasteiger partial charge in [0.1, 0.15) is 3.57 Å². The summed E-state index contributed by atoms with van der Waals surface area (Å²) < 4.78 is 37.3. The van der Waals surface area contributed by atoms with E-state index in [-0.39, 0.29) is 5.56 Å². The molecule has 0 radical (unpaired) electrons. The summed E-state index contributed by atoms with van der Waals surface area (Å²) in [7, 11) is 0. The van der Waals surface area contributed by atoms with Gasteiger partial charge in [0.15, 0.2) is 5.78 Å². The highest BCUT2D eigenvalue weighted by atomic mass is 127. The summed E-state index contributed by atoms with van der Waals surface area (Å²) in [5.41, 5.74) is -2.22. The van der Waals surface area contributed by atoms with Crippen LogP contribution < -0.4 is 0 Å². The van der Waals surface area contributed by atoms with Crippen LogP contribution in [-0.2, 0) is 6.18 Å². The number of hydrogen-bond donors (Lipinski definition) is 0. The third kappa shape index (κ3) is 2.93. The third-order valence-electron chi connectivity index (χ3n) is 1.96.